The molecule has 1 saturated heterocycles. The predicted molar refractivity (Wildman–Crippen MR) is 67.6 cm³/mol. The summed E-state index contributed by atoms with van der Waals surface area (Å²) in [5.74, 6) is 0.443. The first-order chi connectivity index (χ1) is 8.69. The smallest absolute Gasteiger partial charge is 0.286 e. The predicted octanol–water partition coefficient (Wildman–Crippen LogP) is 0.952. The standard InChI is InChI=1S/C12H13NO4S/c14-5-6-17-9-3-1-8(2-4-9)7-10-11(15)13-12(16)18-10/h1-4,10,14H,5-7H2,(H,13,15,16). The molecule has 0 aliphatic carbocycles. The molecule has 1 aliphatic heterocycles. The fourth-order valence-electron chi connectivity index (χ4n) is 1.63. The van der Waals surface area contributed by atoms with Gasteiger partial charge in [-0.1, -0.05) is 23.9 Å². The van der Waals surface area contributed by atoms with Crippen molar-refractivity contribution >= 4 is 22.9 Å². The molecule has 2 amide bonds. The summed E-state index contributed by atoms with van der Waals surface area (Å²) in [5.41, 5.74) is 0.966. The molecule has 0 spiro atoms. The quantitative estimate of drug-likeness (QED) is 0.830. The van der Waals surface area contributed by atoms with Crippen LogP contribution in [-0.4, -0.2) is 34.7 Å². The maximum absolute atomic E-state index is 11.4. The molecule has 2 rings (SSSR count). The van der Waals surface area contributed by atoms with Gasteiger partial charge in [-0.15, -0.1) is 0 Å². The second kappa shape index (κ2) is 5.88. The van der Waals surface area contributed by atoms with Crippen LogP contribution in [0.25, 0.3) is 0 Å². The molecule has 0 bridgehead atoms. The summed E-state index contributed by atoms with van der Waals surface area (Å²) in [6, 6.07) is 7.27. The van der Waals surface area contributed by atoms with Crippen molar-refractivity contribution in [3.8, 4) is 5.75 Å². The monoisotopic (exact) mass is 267 g/mol. The summed E-state index contributed by atoms with van der Waals surface area (Å²) < 4.78 is 5.23. The number of aliphatic hydroxyl groups is 1. The topological polar surface area (TPSA) is 75.6 Å². The highest BCUT2D eigenvalue weighted by molar-refractivity contribution is 8.15. The van der Waals surface area contributed by atoms with Crippen molar-refractivity contribution in [3.05, 3.63) is 29.8 Å². The highest BCUT2D eigenvalue weighted by Gasteiger charge is 2.31. The number of hydrogen-bond donors (Lipinski definition) is 2. The third-order valence-electron chi connectivity index (χ3n) is 2.47. The lowest BCUT2D eigenvalue weighted by Gasteiger charge is -2.07. The molecule has 0 saturated carbocycles. The first-order valence-corrected chi connectivity index (χ1v) is 6.41. The van der Waals surface area contributed by atoms with E-state index in [1.807, 2.05) is 12.1 Å². The minimum atomic E-state index is -0.346. The highest BCUT2D eigenvalue weighted by Crippen LogP contribution is 2.23. The number of imide groups is 1. The Morgan fingerprint density at radius 2 is 2.00 bits per heavy atom. The van der Waals surface area contributed by atoms with Gasteiger partial charge in [-0.2, -0.15) is 0 Å². The van der Waals surface area contributed by atoms with Crippen LogP contribution in [0.2, 0.25) is 0 Å². The van der Waals surface area contributed by atoms with Crippen LogP contribution in [0.1, 0.15) is 5.56 Å². The molecule has 1 fully saturated rings. The maximum Gasteiger partial charge on any atom is 0.286 e. The Labute approximate surface area is 109 Å². The molecule has 96 valence electrons. The minimum absolute atomic E-state index is 0.0251. The Morgan fingerprint density at radius 3 is 2.56 bits per heavy atom. The summed E-state index contributed by atoms with van der Waals surface area (Å²) in [6.45, 7) is 0.234. The Hall–Kier alpha value is -1.53. The second-order valence-electron chi connectivity index (χ2n) is 3.80. The van der Waals surface area contributed by atoms with Gasteiger partial charge in [0.05, 0.1) is 11.9 Å². The number of carbonyl (C=O) groups excluding carboxylic acids is 2. The van der Waals surface area contributed by atoms with Crippen LogP contribution in [0, 0.1) is 0 Å². The van der Waals surface area contributed by atoms with Gasteiger partial charge in [-0.05, 0) is 24.1 Å². The lowest BCUT2D eigenvalue weighted by Crippen LogP contribution is -2.25. The van der Waals surface area contributed by atoms with Crippen LogP contribution in [0.5, 0.6) is 5.75 Å². The Morgan fingerprint density at radius 1 is 1.28 bits per heavy atom. The Bertz CT molecular complexity index is 446. The number of thioether (sulfide) groups is 1. The number of amides is 2. The largest absolute Gasteiger partial charge is 0.491 e. The fourth-order valence-corrected chi connectivity index (χ4v) is 2.49. The van der Waals surface area contributed by atoms with Crippen LogP contribution < -0.4 is 10.1 Å². The summed E-state index contributed by atoms with van der Waals surface area (Å²) in [7, 11) is 0. The van der Waals surface area contributed by atoms with Gasteiger partial charge in [0.25, 0.3) is 5.24 Å². The van der Waals surface area contributed by atoms with Crippen molar-refractivity contribution in [2.75, 3.05) is 13.2 Å². The fraction of sp³-hybridized carbons (Fsp3) is 0.333. The van der Waals surface area contributed by atoms with E-state index in [0.29, 0.717) is 12.2 Å². The first kappa shape index (κ1) is 12.9. The molecule has 1 heterocycles. The van der Waals surface area contributed by atoms with Gasteiger partial charge in [-0.3, -0.25) is 14.9 Å². The lowest BCUT2D eigenvalue weighted by molar-refractivity contribution is -0.118. The van der Waals surface area contributed by atoms with Gasteiger partial charge < -0.3 is 9.84 Å². The zero-order valence-electron chi connectivity index (χ0n) is 9.59. The molecule has 2 N–H and O–H groups in total. The average Bonchev–Trinajstić information content (AvgIpc) is 2.67. The second-order valence-corrected chi connectivity index (χ2v) is 4.98. The third kappa shape index (κ3) is 3.24. The molecule has 18 heavy (non-hydrogen) atoms. The number of benzene rings is 1. The first-order valence-electron chi connectivity index (χ1n) is 5.53. The van der Waals surface area contributed by atoms with E-state index in [2.05, 4.69) is 5.32 Å². The van der Waals surface area contributed by atoms with E-state index < -0.39 is 0 Å². The van der Waals surface area contributed by atoms with Crippen LogP contribution in [0.3, 0.4) is 0 Å². The van der Waals surface area contributed by atoms with E-state index in [9.17, 15) is 9.59 Å². The molecule has 5 nitrogen and oxygen atoms in total. The van der Waals surface area contributed by atoms with Crippen molar-refractivity contribution in [1.82, 2.24) is 5.32 Å². The van der Waals surface area contributed by atoms with E-state index in [1.54, 1.807) is 12.1 Å². The van der Waals surface area contributed by atoms with E-state index in [4.69, 9.17) is 9.84 Å². The van der Waals surface area contributed by atoms with Gasteiger partial charge in [0.2, 0.25) is 5.91 Å². The summed E-state index contributed by atoms with van der Waals surface area (Å²) in [5, 5.41) is 10.3. The molecule has 1 aromatic carbocycles. The Kier molecular flexibility index (Phi) is 4.22. The lowest BCUT2D eigenvalue weighted by atomic mass is 10.1. The number of nitrogens with one attached hydrogen (secondary N) is 1. The molecule has 1 aromatic rings. The van der Waals surface area contributed by atoms with Crippen molar-refractivity contribution < 1.29 is 19.4 Å². The summed E-state index contributed by atoms with van der Waals surface area (Å²) in [4.78, 5) is 22.4. The maximum atomic E-state index is 11.4. The zero-order valence-corrected chi connectivity index (χ0v) is 10.4. The zero-order chi connectivity index (χ0) is 13.0. The van der Waals surface area contributed by atoms with Crippen molar-refractivity contribution in [1.29, 1.82) is 0 Å². The third-order valence-corrected chi connectivity index (χ3v) is 3.45. The molecular weight excluding hydrogens is 254 g/mol. The van der Waals surface area contributed by atoms with Gasteiger partial charge >= 0.3 is 0 Å². The molecular formula is C12H13NO4S. The van der Waals surface area contributed by atoms with Crippen molar-refractivity contribution in [2.45, 2.75) is 11.7 Å². The number of aliphatic hydroxyl groups excluding tert-OH is 1. The number of ether oxygens (including phenoxy) is 1. The minimum Gasteiger partial charge on any atom is -0.491 e. The number of hydrogen-bond acceptors (Lipinski definition) is 5. The van der Waals surface area contributed by atoms with Crippen molar-refractivity contribution in [2.24, 2.45) is 0 Å². The average molecular weight is 267 g/mol. The molecule has 0 aromatic heterocycles. The summed E-state index contributed by atoms with van der Waals surface area (Å²) in [6.07, 6.45) is 0.516. The Balaban J connectivity index is 1.94. The van der Waals surface area contributed by atoms with Gasteiger partial charge in [-0.25, -0.2) is 0 Å². The van der Waals surface area contributed by atoms with E-state index in [-0.39, 0.29) is 29.6 Å². The van der Waals surface area contributed by atoms with Crippen LogP contribution in [0.4, 0.5) is 4.79 Å². The molecule has 1 aliphatic rings. The van der Waals surface area contributed by atoms with E-state index >= 15 is 0 Å². The SMILES string of the molecule is O=C1NC(=O)C(Cc2ccc(OCCO)cc2)S1. The van der Waals surface area contributed by atoms with E-state index in [1.165, 1.54) is 0 Å². The van der Waals surface area contributed by atoms with Gasteiger partial charge in [0, 0.05) is 0 Å². The van der Waals surface area contributed by atoms with Gasteiger partial charge in [0.15, 0.2) is 0 Å². The van der Waals surface area contributed by atoms with Crippen LogP contribution in [-0.2, 0) is 11.2 Å². The molecule has 1 atom stereocenters. The molecule has 6 heteroatoms. The van der Waals surface area contributed by atoms with Crippen molar-refractivity contribution in [3.63, 3.8) is 0 Å². The molecule has 1 unspecified atom stereocenters. The highest BCUT2D eigenvalue weighted by atomic mass is 32.2. The summed E-state index contributed by atoms with van der Waals surface area (Å²) >= 11 is 1.02. The van der Waals surface area contributed by atoms with Crippen LogP contribution >= 0.6 is 11.8 Å². The van der Waals surface area contributed by atoms with E-state index in [0.717, 1.165) is 17.3 Å². The number of rotatable bonds is 5. The van der Waals surface area contributed by atoms with Crippen LogP contribution in [0.15, 0.2) is 24.3 Å². The van der Waals surface area contributed by atoms with Gasteiger partial charge in [0.1, 0.15) is 12.4 Å². The number of carbonyl (C=O) groups is 2. The molecule has 0 radical (unpaired) electrons. The normalized spacial score (nSPS) is 18.8.